The fourth-order valence-electron chi connectivity index (χ4n) is 2.59. The van der Waals surface area contributed by atoms with Crippen molar-refractivity contribution in [2.75, 3.05) is 42.3 Å². The summed E-state index contributed by atoms with van der Waals surface area (Å²) in [6.07, 6.45) is 0. The average Bonchev–Trinajstić information content (AvgIpc) is 2.68. The summed E-state index contributed by atoms with van der Waals surface area (Å²) in [6.45, 7) is 3.21. The number of nitrogens with zero attached hydrogens (tertiary/aromatic N) is 2. The normalized spacial score (nSPS) is 14.1. The summed E-state index contributed by atoms with van der Waals surface area (Å²) in [7, 11) is 0. The Labute approximate surface area is 155 Å². The number of rotatable bonds is 6. The van der Waals surface area contributed by atoms with Crippen molar-refractivity contribution in [3.05, 3.63) is 58.6 Å². The molecule has 0 unspecified atom stereocenters. The molecule has 1 heterocycles. The molecule has 0 atom stereocenters. The van der Waals surface area contributed by atoms with Gasteiger partial charge in [-0.25, -0.2) is 0 Å². The number of carbonyl (C=O) groups excluding carboxylic acids is 1. The van der Waals surface area contributed by atoms with Crippen LogP contribution in [0.1, 0.15) is 0 Å². The van der Waals surface area contributed by atoms with Crippen molar-refractivity contribution in [2.24, 2.45) is 0 Å². The van der Waals surface area contributed by atoms with E-state index in [2.05, 4.69) is 10.2 Å². The summed E-state index contributed by atoms with van der Waals surface area (Å²) < 4.78 is 5.34. The molecule has 1 aliphatic heterocycles. The molecule has 1 fully saturated rings. The first-order valence-electron chi connectivity index (χ1n) is 8.22. The van der Waals surface area contributed by atoms with Gasteiger partial charge in [0, 0.05) is 41.5 Å². The molecule has 7 nitrogen and oxygen atoms in total. The van der Waals surface area contributed by atoms with Crippen LogP contribution in [-0.2, 0) is 9.53 Å². The quantitative estimate of drug-likeness (QED) is 0.476. The van der Waals surface area contributed by atoms with Gasteiger partial charge in [0.2, 0.25) is 5.91 Å². The Morgan fingerprint density at radius 2 is 1.77 bits per heavy atom. The van der Waals surface area contributed by atoms with Crippen LogP contribution in [0.5, 0.6) is 0 Å². The molecule has 1 saturated heterocycles. The molecule has 2 aromatic rings. The molecule has 0 radical (unpaired) electrons. The van der Waals surface area contributed by atoms with Crippen molar-refractivity contribution < 1.29 is 14.5 Å². The molecule has 2 aromatic carbocycles. The number of carbonyl (C=O) groups is 1. The van der Waals surface area contributed by atoms with E-state index >= 15 is 0 Å². The van der Waals surface area contributed by atoms with Crippen LogP contribution in [-0.4, -0.2) is 42.9 Å². The maximum atomic E-state index is 12.1. The van der Waals surface area contributed by atoms with Gasteiger partial charge in [-0.05, 0) is 36.4 Å². The molecule has 3 rings (SSSR count). The molecular formula is C18H19N3O4S. The van der Waals surface area contributed by atoms with Gasteiger partial charge in [0.1, 0.15) is 0 Å². The van der Waals surface area contributed by atoms with Crippen LogP contribution < -0.4 is 10.2 Å². The molecule has 1 aliphatic rings. The van der Waals surface area contributed by atoms with Crippen LogP contribution in [0, 0.1) is 10.1 Å². The van der Waals surface area contributed by atoms with Crippen molar-refractivity contribution in [1.29, 1.82) is 0 Å². The summed E-state index contributed by atoms with van der Waals surface area (Å²) in [4.78, 5) is 25.3. The summed E-state index contributed by atoms with van der Waals surface area (Å²) in [5, 5.41) is 13.5. The molecular weight excluding hydrogens is 354 g/mol. The van der Waals surface area contributed by atoms with E-state index in [9.17, 15) is 14.9 Å². The number of anilines is 2. The van der Waals surface area contributed by atoms with Gasteiger partial charge in [0.15, 0.2) is 0 Å². The highest BCUT2D eigenvalue weighted by molar-refractivity contribution is 8.00. The van der Waals surface area contributed by atoms with Crippen molar-refractivity contribution in [3.63, 3.8) is 0 Å². The highest BCUT2D eigenvalue weighted by Crippen LogP contribution is 2.22. The zero-order valence-electron chi connectivity index (χ0n) is 14.1. The van der Waals surface area contributed by atoms with E-state index in [0.717, 1.165) is 42.6 Å². The second-order valence-electron chi connectivity index (χ2n) is 5.73. The number of benzene rings is 2. The molecule has 1 amide bonds. The van der Waals surface area contributed by atoms with Gasteiger partial charge in [0.05, 0.1) is 23.9 Å². The van der Waals surface area contributed by atoms with Crippen LogP contribution in [0.4, 0.5) is 17.1 Å². The smallest absolute Gasteiger partial charge is 0.269 e. The SMILES string of the molecule is O=C(CSc1ccc([N+](=O)[O-])cc1)Nc1ccc(N2CCOCC2)cc1. The lowest BCUT2D eigenvalue weighted by Gasteiger charge is -2.28. The highest BCUT2D eigenvalue weighted by Gasteiger charge is 2.11. The number of ether oxygens (including phenoxy) is 1. The monoisotopic (exact) mass is 373 g/mol. The lowest BCUT2D eigenvalue weighted by atomic mass is 10.2. The van der Waals surface area contributed by atoms with E-state index in [1.165, 1.54) is 23.9 Å². The predicted molar refractivity (Wildman–Crippen MR) is 102 cm³/mol. The molecule has 0 aliphatic carbocycles. The maximum absolute atomic E-state index is 12.1. The lowest BCUT2D eigenvalue weighted by Crippen LogP contribution is -2.36. The number of non-ortho nitro benzene ring substituents is 1. The summed E-state index contributed by atoms with van der Waals surface area (Å²) in [5.41, 5.74) is 1.90. The fourth-order valence-corrected chi connectivity index (χ4v) is 3.29. The van der Waals surface area contributed by atoms with Gasteiger partial charge < -0.3 is 15.0 Å². The minimum absolute atomic E-state index is 0.0409. The molecule has 0 spiro atoms. The maximum Gasteiger partial charge on any atom is 0.269 e. The number of nitrogens with one attached hydrogen (secondary N) is 1. The number of hydrogen-bond donors (Lipinski definition) is 1. The Morgan fingerprint density at radius 1 is 1.12 bits per heavy atom. The Hall–Kier alpha value is -2.58. The first-order chi connectivity index (χ1) is 12.6. The topological polar surface area (TPSA) is 84.7 Å². The average molecular weight is 373 g/mol. The van der Waals surface area contributed by atoms with Gasteiger partial charge in [-0.2, -0.15) is 0 Å². The third-order valence-corrected chi connectivity index (χ3v) is 4.96. The van der Waals surface area contributed by atoms with E-state index < -0.39 is 4.92 Å². The minimum Gasteiger partial charge on any atom is -0.378 e. The van der Waals surface area contributed by atoms with Crippen LogP contribution in [0.2, 0.25) is 0 Å². The van der Waals surface area contributed by atoms with Gasteiger partial charge in [-0.15, -0.1) is 11.8 Å². The number of amides is 1. The first kappa shape index (κ1) is 18.2. The van der Waals surface area contributed by atoms with Crippen molar-refractivity contribution in [3.8, 4) is 0 Å². The van der Waals surface area contributed by atoms with Crippen molar-refractivity contribution in [1.82, 2.24) is 0 Å². The number of nitro groups is 1. The number of nitro benzene ring substituents is 1. The molecule has 0 aromatic heterocycles. The summed E-state index contributed by atoms with van der Waals surface area (Å²) in [6, 6.07) is 13.9. The fraction of sp³-hybridized carbons (Fsp3) is 0.278. The van der Waals surface area contributed by atoms with Crippen LogP contribution in [0.25, 0.3) is 0 Å². The molecule has 26 heavy (non-hydrogen) atoms. The second kappa shape index (κ2) is 8.68. The van der Waals surface area contributed by atoms with Gasteiger partial charge >= 0.3 is 0 Å². The van der Waals surface area contributed by atoms with Crippen LogP contribution in [0.3, 0.4) is 0 Å². The van der Waals surface area contributed by atoms with Crippen molar-refractivity contribution >= 4 is 34.7 Å². The third kappa shape index (κ3) is 4.96. The molecule has 136 valence electrons. The van der Waals surface area contributed by atoms with Gasteiger partial charge in [0.25, 0.3) is 5.69 Å². The first-order valence-corrected chi connectivity index (χ1v) is 9.20. The molecule has 8 heteroatoms. The lowest BCUT2D eigenvalue weighted by molar-refractivity contribution is -0.384. The van der Waals surface area contributed by atoms with E-state index in [1.54, 1.807) is 12.1 Å². The van der Waals surface area contributed by atoms with Gasteiger partial charge in [-0.3, -0.25) is 14.9 Å². The van der Waals surface area contributed by atoms with E-state index in [4.69, 9.17) is 4.74 Å². The van der Waals surface area contributed by atoms with Crippen molar-refractivity contribution in [2.45, 2.75) is 4.90 Å². The zero-order chi connectivity index (χ0) is 18.4. The van der Waals surface area contributed by atoms with Gasteiger partial charge in [-0.1, -0.05) is 0 Å². The highest BCUT2D eigenvalue weighted by atomic mass is 32.2. The Kier molecular flexibility index (Phi) is 6.08. The minimum atomic E-state index is -0.443. The number of morpholine rings is 1. The second-order valence-corrected chi connectivity index (χ2v) is 6.78. The van der Waals surface area contributed by atoms with Crippen LogP contribution in [0.15, 0.2) is 53.4 Å². The van der Waals surface area contributed by atoms with E-state index in [1.807, 2.05) is 24.3 Å². The number of hydrogen-bond acceptors (Lipinski definition) is 6. The third-order valence-electron chi connectivity index (χ3n) is 3.94. The van der Waals surface area contributed by atoms with Crippen LogP contribution >= 0.6 is 11.8 Å². The molecule has 0 saturated carbocycles. The Balaban J connectivity index is 1.49. The molecule has 0 bridgehead atoms. The Bertz CT molecular complexity index is 759. The standard InChI is InChI=1S/C18H19N3O4S/c22-18(13-26-17-7-5-16(6-8-17)21(23)24)19-14-1-3-15(4-2-14)20-9-11-25-12-10-20/h1-8H,9-13H2,(H,19,22). The van der Waals surface area contributed by atoms with E-state index in [-0.39, 0.29) is 17.3 Å². The predicted octanol–water partition coefficient (Wildman–Crippen LogP) is 3.16. The number of thioether (sulfide) groups is 1. The Morgan fingerprint density at radius 3 is 2.38 bits per heavy atom. The molecule has 1 N–H and O–H groups in total. The summed E-state index contributed by atoms with van der Waals surface area (Å²) in [5.74, 6) is 0.121. The summed E-state index contributed by atoms with van der Waals surface area (Å²) >= 11 is 1.34. The largest absolute Gasteiger partial charge is 0.378 e. The zero-order valence-corrected chi connectivity index (χ0v) is 14.9. The van der Waals surface area contributed by atoms with E-state index in [0.29, 0.717) is 0 Å².